The van der Waals surface area contributed by atoms with Gasteiger partial charge >= 0.3 is 5.97 Å². The standard InChI is InChI=1S/C10H9N7O3/c18-10(19)7-6-16(14-11-7)3-4-17-13-9(12-15-17)8-2-1-5-20-8/h1-2,5-6H,3-4H2,(H,18,19). The molecule has 102 valence electrons. The van der Waals surface area contributed by atoms with Crippen LogP contribution in [0.25, 0.3) is 11.6 Å². The van der Waals surface area contributed by atoms with Crippen LogP contribution in [0.5, 0.6) is 0 Å². The maximum absolute atomic E-state index is 10.7. The molecule has 3 heterocycles. The Morgan fingerprint density at radius 3 is 2.90 bits per heavy atom. The van der Waals surface area contributed by atoms with E-state index in [1.54, 1.807) is 12.1 Å². The minimum Gasteiger partial charge on any atom is -0.476 e. The van der Waals surface area contributed by atoms with Gasteiger partial charge in [0, 0.05) is 0 Å². The van der Waals surface area contributed by atoms with Crippen molar-refractivity contribution in [3.05, 3.63) is 30.3 Å². The normalized spacial score (nSPS) is 10.8. The summed E-state index contributed by atoms with van der Waals surface area (Å²) in [5, 5.41) is 27.8. The lowest BCUT2D eigenvalue weighted by molar-refractivity contribution is 0.0690. The Hall–Kier alpha value is -3.04. The predicted molar refractivity (Wildman–Crippen MR) is 62.5 cm³/mol. The molecule has 0 saturated carbocycles. The van der Waals surface area contributed by atoms with Gasteiger partial charge < -0.3 is 9.52 Å². The summed E-state index contributed by atoms with van der Waals surface area (Å²) in [6, 6.07) is 3.47. The number of carboxylic acids is 1. The van der Waals surface area contributed by atoms with Gasteiger partial charge in [-0.05, 0) is 17.3 Å². The third kappa shape index (κ3) is 2.39. The molecule has 0 aliphatic heterocycles. The van der Waals surface area contributed by atoms with Crippen molar-refractivity contribution >= 4 is 5.97 Å². The van der Waals surface area contributed by atoms with Crippen LogP contribution in [0.15, 0.2) is 29.0 Å². The Morgan fingerprint density at radius 1 is 1.30 bits per heavy atom. The van der Waals surface area contributed by atoms with E-state index in [1.165, 1.54) is 21.9 Å². The number of tetrazole rings is 1. The molecule has 0 fully saturated rings. The second-order valence-corrected chi connectivity index (χ2v) is 3.86. The Balaban J connectivity index is 1.65. The fourth-order valence-electron chi connectivity index (χ4n) is 1.54. The van der Waals surface area contributed by atoms with E-state index >= 15 is 0 Å². The van der Waals surface area contributed by atoms with Crippen LogP contribution in [-0.2, 0) is 13.1 Å². The molecular weight excluding hydrogens is 266 g/mol. The molecule has 0 aliphatic rings. The number of aromatic carboxylic acids is 1. The third-order valence-corrected chi connectivity index (χ3v) is 2.48. The van der Waals surface area contributed by atoms with Gasteiger partial charge in [0.2, 0.25) is 5.82 Å². The lowest BCUT2D eigenvalue weighted by Crippen LogP contribution is -2.10. The van der Waals surface area contributed by atoms with Crippen LogP contribution in [0.2, 0.25) is 0 Å². The molecule has 10 heteroatoms. The zero-order valence-electron chi connectivity index (χ0n) is 10.1. The summed E-state index contributed by atoms with van der Waals surface area (Å²) in [6.45, 7) is 0.768. The highest BCUT2D eigenvalue weighted by molar-refractivity contribution is 5.84. The average Bonchev–Trinajstić information content (AvgIpc) is 3.17. The number of carbonyl (C=O) groups is 1. The summed E-state index contributed by atoms with van der Waals surface area (Å²) in [4.78, 5) is 12.0. The molecule has 0 atom stereocenters. The van der Waals surface area contributed by atoms with E-state index in [4.69, 9.17) is 9.52 Å². The molecule has 3 aromatic heterocycles. The van der Waals surface area contributed by atoms with Gasteiger partial charge in [0.15, 0.2) is 11.5 Å². The van der Waals surface area contributed by atoms with E-state index in [0.717, 1.165) is 0 Å². The molecule has 0 spiro atoms. The van der Waals surface area contributed by atoms with Crippen LogP contribution in [0, 0.1) is 0 Å². The summed E-state index contributed by atoms with van der Waals surface area (Å²) in [5.41, 5.74) is -0.104. The van der Waals surface area contributed by atoms with Gasteiger partial charge in [0.05, 0.1) is 25.5 Å². The van der Waals surface area contributed by atoms with Crippen molar-refractivity contribution in [3.63, 3.8) is 0 Å². The Labute approximate surface area is 111 Å². The number of rotatable bonds is 5. The van der Waals surface area contributed by atoms with Crippen LogP contribution in [0.1, 0.15) is 10.5 Å². The molecule has 20 heavy (non-hydrogen) atoms. The van der Waals surface area contributed by atoms with Crippen molar-refractivity contribution in [2.45, 2.75) is 13.1 Å². The van der Waals surface area contributed by atoms with Crippen molar-refractivity contribution in [3.8, 4) is 11.6 Å². The number of hydrogen-bond donors (Lipinski definition) is 1. The highest BCUT2D eigenvalue weighted by Crippen LogP contribution is 2.12. The van der Waals surface area contributed by atoms with Gasteiger partial charge in [-0.3, -0.25) is 0 Å². The quantitative estimate of drug-likeness (QED) is 0.685. The first-order valence-corrected chi connectivity index (χ1v) is 5.67. The molecule has 1 N–H and O–H groups in total. The minimum atomic E-state index is -1.12. The highest BCUT2D eigenvalue weighted by atomic mass is 16.4. The number of aryl methyl sites for hydroxylation is 2. The number of hydrogen-bond acceptors (Lipinski definition) is 7. The van der Waals surface area contributed by atoms with Crippen molar-refractivity contribution in [1.82, 2.24) is 35.2 Å². The van der Waals surface area contributed by atoms with Gasteiger partial charge in [-0.1, -0.05) is 5.21 Å². The van der Waals surface area contributed by atoms with E-state index in [0.29, 0.717) is 24.7 Å². The lowest BCUT2D eigenvalue weighted by atomic mass is 10.4. The summed E-state index contributed by atoms with van der Waals surface area (Å²) >= 11 is 0. The number of nitrogens with zero attached hydrogens (tertiary/aromatic N) is 7. The molecule has 0 aliphatic carbocycles. The summed E-state index contributed by atoms with van der Waals surface area (Å²) < 4.78 is 6.56. The summed E-state index contributed by atoms with van der Waals surface area (Å²) in [6.07, 6.45) is 2.87. The SMILES string of the molecule is O=C(O)c1cn(CCn2nnc(-c3ccco3)n2)nn1. The van der Waals surface area contributed by atoms with Crippen molar-refractivity contribution in [2.75, 3.05) is 0 Å². The predicted octanol–water partition coefficient (Wildman–Crippen LogP) is -0.0770. The van der Waals surface area contributed by atoms with Gasteiger partial charge in [-0.25, -0.2) is 9.48 Å². The Morgan fingerprint density at radius 2 is 2.20 bits per heavy atom. The maximum atomic E-state index is 10.7. The molecule has 3 rings (SSSR count). The fraction of sp³-hybridized carbons (Fsp3) is 0.200. The number of furan rings is 1. The minimum absolute atomic E-state index is 0.104. The topological polar surface area (TPSA) is 125 Å². The first-order valence-electron chi connectivity index (χ1n) is 5.67. The third-order valence-electron chi connectivity index (χ3n) is 2.48. The molecule has 10 nitrogen and oxygen atoms in total. The van der Waals surface area contributed by atoms with Gasteiger partial charge in [-0.2, -0.15) is 4.80 Å². The molecule has 0 unspecified atom stereocenters. The maximum Gasteiger partial charge on any atom is 0.358 e. The van der Waals surface area contributed by atoms with Crippen LogP contribution in [0.4, 0.5) is 0 Å². The average molecular weight is 275 g/mol. The number of aromatic nitrogens is 7. The van der Waals surface area contributed by atoms with Gasteiger partial charge in [0.25, 0.3) is 0 Å². The van der Waals surface area contributed by atoms with E-state index in [9.17, 15) is 4.79 Å². The van der Waals surface area contributed by atoms with Crippen molar-refractivity contribution in [2.24, 2.45) is 0 Å². The molecular formula is C10H9N7O3. The second-order valence-electron chi connectivity index (χ2n) is 3.86. The summed E-state index contributed by atoms with van der Waals surface area (Å²) in [7, 11) is 0. The fourth-order valence-corrected chi connectivity index (χ4v) is 1.54. The zero-order valence-corrected chi connectivity index (χ0v) is 10.1. The Kier molecular flexibility index (Phi) is 2.95. The van der Waals surface area contributed by atoms with Crippen LogP contribution in [0.3, 0.4) is 0 Å². The lowest BCUT2D eigenvalue weighted by Gasteiger charge is -1.97. The molecule has 0 radical (unpaired) electrons. The molecule has 3 aromatic rings. The second kappa shape index (κ2) is 4.91. The molecule has 0 saturated heterocycles. The van der Waals surface area contributed by atoms with Gasteiger partial charge in [-0.15, -0.1) is 15.3 Å². The molecule has 0 amide bonds. The van der Waals surface area contributed by atoms with Crippen molar-refractivity contribution < 1.29 is 14.3 Å². The van der Waals surface area contributed by atoms with Crippen LogP contribution >= 0.6 is 0 Å². The zero-order chi connectivity index (χ0) is 13.9. The van der Waals surface area contributed by atoms with Crippen molar-refractivity contribution in [1.29, 1.82) is 0 Å². The monoisotopic (exact) mass is 275 g/mol. The molecule has 0 aromatic carbocycles. The van der Waals surface area contributed by atoms with Crippen LogP contribution in [-0.4, -0.2) is 46.3 Å². The Bertz CT molecular complexity index is 715. The molecule has 0 bridgehead atoms. The van der Waals surface area contributed by atoms with Gasteiger partial charge in [0.1, 0.15) is 0 Å². The number of carboxylic acid groups (broad SMARTS) is 1. The largest absolute Gasteiger partial charge is 0.476 e. The van der Waals surface area contributed by atoms with E-state index < -0.39 is 5.97 Å². The first kappa shape index (κ1) is 12.0. The van der Waals surface area contributed by atoms with E-state index in [2.05, 4.69) is 25.7 Å². The first-order chi connectivity index (χ1) is 9.72. The smallest absolute Gasteiger partial charge is 0.358 e. The van der Waals surface area contributed by atoms with E-state index in [-0.39, 0.29) is 5.69 Å². The van der Waals surface area contributed by atoms with Crippen LogP contribution < -0.4 is 0 Å². The van der Waals surface area contributed by atoms with E-state index in [1.807, 2.05) is 0 Å². The highest BCUT2D eigenvalue weighted by Gasteiger charge is 2.10. The summed E-state index contributed by atoms with van der Waals surface area (Å²) in [5.74, 6) is -0.194.